The van der Waals surface area contributed by atoms with Crippen LogP contribution in [0.4, 0.5) is 5.69 Å². The molecule has 1 aliphatic heterocycles. The summed E-state index contributed by atoms with van der Waals surface area (Å²) in [6, 6.07) is 32.9. The molecular weight excluding hydrogens is 550 g/mol. The van der Waals surface area contributed by atoms with E-state index >= 15 is 0 Å². The van der Waals surface area contributed by atoms with Crippen LogP contribution in [-0.4, -0.2) is 27.6 Å². The largest absolute Gasteiger partial charge is 0.493 e. The smallest absolute Gasteiger partial charge is 0.271 e. The predicted molar refractivity (Wildman–Crippen MR) is 163 cm³/mol. The van der Waals surface area contributed by atoms with Gasteiger partial charge in [-0.3, -0.25) is 9.10 Å². The minimum atomic E-state index is -3.67. The van der Waals surface area contributed by atoms with Crippen molar-refractivity contribution in [3.8, 4) is 11.5 Å². The normalized spacial score (nSPS) is 13.4. The number of sulfonamides is 1. The Balaban J connectivity index is 1.09. The van der Waals surface area contributed by atoms with Crippen molar-refractivity contribution in [2.75, 3.05) is 11.4 Å². The molecular formula is C33H27N3O5S. The van der Waals surface area contributed by atoms with Gasteiger partial charge in [0.05, 0.1) is 30.5 Å². The molecule has 42 heavy (non-hydrogen) atoms. The number of anilines is 1. The standard InChI is InChI=1S/C33H27N3O5S/c1-40-30-19-25(15-18-29(30)41-22-24-7-3-2-4-8-24)20-34-35-33(37)27-16-13-23(14-17-27)21-36-28-11-5-9-26-10-6-12-31(32(26)28)42(36,38)39/h2-20H,21-22H2,1H3,(H,35,37). The number of benzene rings is 5. The first-order valence-electron chi connectivity index (χ1n) is 13.3. The first kappa shape index (κ1) is 27.0. The van der Waals surface area contributed by atoms with Crippen LogP contribution >= 0.6 is 0 Å². The quantitative estimate of drug-likeness (QED) is 0.174. The van der Waals surface area contributed by atoms with Gasteiger partial charge >= 0.3 is 0 Å². The number of methoxy groups -OCH3 is 1. The van der Waals surface area contributed by atoms with Crippen molar-refractivity contribution >= 4 is 38.6 Å². The molecule has 0 atom stereocenters. The van der Waals surface area contributed by atoms with Crippen molar-refractivity contribution in [3.05, 3.63) is 131 Å². The third-order valence-electron chi connectivity index (χ3n) is 7.03. The summed E-state index contributed by atoms with van der Waals surface area (Å²) >= 11 is 0. The maximum Gasteiger partial charge on any atom is 0.271 e. The van der Waals surface area contributed by atoms with E-state index in [9.17, 15) is 13.2 Å². The summed E-state index contributed by atoms with van der Waals surface area (Å²) in [4.78, 5) is 13.0. The third kappa shape index (κ3) is 5.29. The number of nitrogens with zero attached hydrogens (tertiary/aromatic N) is 2. The summed E-state index contributed by atoms with van der Waals surface area (Å²) in [5, 5.41) is 5.70. The Kier molecular flexibility index (Phi) is 7.33. The number of carbonyl (C=O) groups is 1. The molecule has 0 radical (unpaired) electrons. The molecule has 0 saturated carbocycles. The minimum absolute atomic E-state index is 0.156. The third-order valence-corrected chi connectivity index (χ3v) is 8.83. The second-order valence-corrected chi connectivity index (χ2v) is 11.6. The highest BCUT2D eigenvalue weighted by atomic mass is 32.2. The number of ether oxygens (including phenoxy) is 2. The van der Waals surface area contributed by atoms with Gasteiger partial charge in [0.15, 0.2) is 11.5 Å². The lowest BCUT2D eigenvalue weighted by molar-refractivity contribution is 0.0955. The van der Waals surface area contributed by atoms with Gasteiger partial charge in [-0.1, -0.05) is 66.7 Å². The van der Waals surface area contributed by atoms with Crippen molar-refractivity contribution in [3.63, 3.8) is 0 Å². The van der Waals surface area contributed by atoms with Crippen LogP contribution in [-0.2, 0) is 23.2 Å². The van der Waals surface area contributed by atoms with Crippen LogP contribution in [0.3, 0.4) is 0 Å². The van der Waals surface area contributed by atoms with Gasteiger partial charge in [0.1, 0.15) is 6.61 Å². The Bertz CT molecular complexity index is 1900. The van der Waals surface area contributed by atoms with E-state index in [-0.39, 0.29) is 6.54 Å². The van der Waals surface area contributed by atoms with Gasteiger partial charge < -0.3 is 9.47 Å². The van der Waals surface area contributed by atoms with Crippen LogP contribution in [0.25, 0.3) is 10.8 Å². The highest BCUT2D eigenvalue weighted by Crippen LogP contribution is 2.42. The Labute approximate surface area is 243 Å². The van der Waals surface area contributed by atoms with E-state index in [1.165, 1.54) is 10.5 Å². The Morgan fingerprint density at radius 1 is 0.857 bits per heavy atom. The molecule has 0 saturated heterocycles. The van der Waals surface area contributed by atoms with Crippen molar-refractivity contribution in [2.24, 2.45) is 5.10 Å². The lowest BCUT2D eigenvalue weighted by Gasteiger charge is -2.19. The molecule has 1 aliphatic rings. The van der Waals surface area contributed by atoms with Gasteiger partial charge in [0.2, 0.25) is 0 Å². The molecule has 1 N–H and O–H groups in total. The van der Waals surface area contributed by atoms with Crippen LogP contribution in [0.15, 0.2) is 119 Å². The van der Waals surface area contributed by atoms with Crippen molar-refractivity contribution in [2.45, 2.75) is 18.0 Å². The topological polar surface area (TPSA) is 97.3 Å². The van der Waals surface area contributed by atoms with Crippen LogP contribution < -0.4 is 19.2 Å². The summed E-state index contributed by atoms with van der Waals surface area (Å²) in [6.07, 6.45) is 1.52. The summed E-state index contributed by atoms with van der Waals surface area (Å²) < 4.78 is 39.3. The Morgan fingerprint density at radius 3 is 2.38 bits per heavy atom. The molecule has 0 unspecified atom stereocenters. The zero-order valence-electron chi connectivity index (χ0n) is 22.7. The van der Waals surface area contributed by atoms with Gasteiger partial charge in [-0.2, -0.15) is 5.10 Å². The maximum absolute atomic E-state index is 13.3. The molecule has 8 nitrogen and oxygen atoms in total. The van der Waals surface area contributed by atoms with E-state index in [1.807, 2.05) is 60.7 Å². The number of hydrogen-bond donors (Lipinski definition) is 1. The molecule has 1 heterocycles. The average Bonchev–Trinajstić information content (AvgIpc) is 3.24. The highest BCUT2D eigenvalue weighted by Gasteiger charge is 2.35. The molecule has 5 aromatic carbocycles. The van der Waals surface area contributed by atoms with Gasteiger partial charge in [-0.25, -0.2) is 13.8 Å². The predicted octanol–water partition coefficient (Wildman–Crippen LogP) is 5.90. The van der Waals surface area contributed by atoms with Gasteiger partial charge in [0, 0.05) is 10.9 Å². The summed E-state index contributed by atoms with van der Waals surface area (Å²) in [6.45, 7) is 0.570. The molecule has 6 rings (SSSR count). The number of carbonyl (C=O) groups excluding carboxylic acids is 1. The van der Waals surface area contributed by atoms with Crippen molar-refractivity contribution in [1.82, 2.24) is 5.43 Å². The number of rotatable bonds is 9. The fraction of sp³-hybridized carbons (Fsp3) is 0.0909. The van der Waals surface area contributed by atoms with Crippen LogP contribution in [0.2, 0.25) is 0 Å². The SMILES string of the molecule is COc1cc(C=NNC(=O)c2ccc(CN3c4cccc5cccc(c45)S3(=O)=O)cc2)ccc1OCc1ccccc1. The Hall–Kier alpha value is -5.15. The van der Waals surface area contributed by atoms with E-state index in [0.29, 0.717) is 34.3 Å². The van der Waals surface area contributed by atoms with Crippen LogP contribution in [0.1, 0.15) is 27.0 Å². The zero-order valence-corrected chi connectivity index (χ0v) is 23.5. The summed E-state index contributed by atoms with van der Waals surface area (Å²) in [7, 11) is -2.10. The van der Waals surface area contributed by atoms with Crippen molar-refractivity contribution in [1.29, 1.82) is 0 Å². The van der Waals surface area contributed by atoms with Crippen LogP contribution in [0, 0.1) is 0 Å². The van der Waals surface area contributed by atoms with Gasteiger partial charge in [0.25, 0.3) is 15.9 Å². The summed E-state index contributed by atoms with van der Waals surface area (Å²) in [5.74, 6) is 0.764. The van der Waals surface area contributed by atoms with E-state index in [0.717, 1.165) is 27.5 Å². The highest BCUT2D eigenvalue weighted by molar-refractivity contribution is 7.93. The van der Waals surface area contributed by atoms with Gasteiger partial charge in [-0.15, -0.1) is 0 Å². The van der Waals surface area contributed by atoms with E-state index in [2.05, 4.69) is 10.5 Å². The fourth-order valence-electron chi connectivity index (χ4n) is 4.90. The molecule has 0 fully saturated rings. The maximum atomic E-state index is 13.3. The average molecular weight is 578 g/mol. The van der Waals surface area contributed by atoms with Crippen LogP contribution in [0.5, 0.6) is 11.5 Å². The monoisotopic (exact) mass is 577 g/mol. The molecule has 0 spiro atoms. The van der Waals surface area contributed by atoms with Gasteiger partial charge in [-0.05, 0) is 64.5 Å². The molecule has 0 aliphatic carbocycles. The number of hydrogen-bond acceptors (Lipinski definition) is 6. The van der Waals surface area contributed by atoms with E-state index in [1.54, 1.807) is 55.6 Å². The zero-order chi connectivity index (χ0) is 29.1. The first-order valence-corrected chi connectivity index (χ1v) is 14.7. The fourth-order valence-corrected chi connectivity index (χ4v) is 6.60. The molecule has 5 aromatic rings. The number of amides is 1. The lowest BCUT2D eigenvalue weighted by Crippen LogP contribution is -2.26. The molecule has 210 valence electrons. The van der Waals surface area contributed by atoms with E-state index < -0.39 is 15.9 Å². The second-order valence-electron chi connectivity index (χ2n) is 9.72. The molecule has 0 aromatic heterocycles. The lowest BCUT2D eigenvalue weighted by atomic mass is 10.1. The van der Waals surface area contributed by atoms with Crippen molar-refractivity contribution < 1.29 is 22.7 Å². The minimum Gasteiger partial charge on any atom is -0.493 e. The number of hydrazone groups is 1. The second kappa shape index (κ2) is 11.4. The summed E-state index contributed by atoms with van der Waals surface area (Å²) in [5.41, 5.74) is 6.11. The molecule has 1 amide bonds. The molecule has 0 bridgehead atoms. The molecule has 9 heteroatoms. The Morgan fingerprint density at radius 2 is 1.62 bits per heavy atom. The number of nitrogens with one attached hydrogen (secondary N) is 1. The first-order chi connectivity index (χ1) is 20.4. The van der Waals surface area contributed by atoms with E-state index in [4.69, 9.17) is 9.47 Å².